The number of pyridine rings is 1. The lowest BCUT2D eigenvalue weighted by atomic mass is 10.1. The number of rotatable bonds is 6. The van der Waals surface area contributed by atoms with Crippen LogP contribution in [0, 0.1) is 0 Å². The van der Waals surface area contributed by atoms with Crippen LogP contribution >= 0.6 is 0 Å². The van der Waals surface area contributed by atoms with Crippen LogP contribution in [0.25, 0.3) is 22.3 Å². The van der Waals surface area contributed by atoms with Crippen LogP contribution in [-0.2, 0) is 13.6 Å². The molecule has 2 N–H and O–H groups in total. The highest BCUT2D eigenvalue weighted by Gasteiger charge is 2.21. The monoisotopic (exact) mass is 432 g/mol. The third-order valence-electron chi connectivity index (χ3n) is 5.75. The fourth-order valence-electron chi connectivity index (χ4n) is 4.07. The number of halogens is 1. The number of nitrogens with one attached hydrogen (secondary N) is 2. The lowest BCUT2D eigenvalue weighted by Gasteiger charge is -2.15. The molecule has 32 heavy (non-hydrogen) atoms. The molecule has 1 aromatic carbocycles. The van der Waals surface area contributed by atoms with Crippen LogP contribution in [0.4, 0.5) is 21.7 Å². The molecule has 0 radical (unpaired) electrons. The van der Waals surface area contributed by atoms with E-state index in [1.54, 1.807) is 24.9 Å². The first-order valence-corrected chi connectivity index (χ1v) is 10.6. The van der Waals surface area contributed by atoms with E-state index in [1.165, 1.54) is 0 Å². The van der Waals surface area contributed by atoms with Crippen molar-refractivity contribution in [1.29, 1.82) is 0 Å². The minimum absolute atomic E-state index is 0.524. The molecular formula is C23H25FN8. The maximum absolute atomic E-state index is 13.4. The van der Waals surface area contributed by atoms with Crippen LogP contribution in [0.2, 0.25) is 0 Å². The molecule has 0 aliphatic carbocycles. The van der Waals surface area contributed by atoms with Crippen molar-refractivity contribution in [2.24, 2.45) is 7.05 Å². The first-order valence-electron chi connectivity index (χ1n) is 10.6. The highest BCUT2D eigenvalue weighted by molar-refractivity contribution is 5.93. The maximum atomic E-state index is 13.4. The maximum Gasteiger partial charge on any atom is 0.154 e. The van der Waals surface area contributed by atoms with E-state index < -0.39 is 6.17 Å². The number of hydrogen-bond acceptors (Lipinski definition) is 7. The summed E-state index contributed by atoms with van der Waals surface area (Å²) in [4.78, 5) is 20.3. The Labute approximate surface area is 185 Å². The van der Waals surface area contributed by atoms with Crippen LogP contribution in [0.5, 0.6) is 0 Å². The van der Waals surface area contributed by atoms with Crippen LogP contribution in [-0.4, -0.2) is 55.7 Å². The van der Waals surface area contributed by atoms with Crippen LogP contribution in [0.1, 0.15) is 12.0 Å². The zero-order valence-electron chi connectivity index (χ0n) is 18.1. The van der Waals surface area contributed by atoms with Crippen molar-refractivity contribution in [2.45, 2.75) is 19.1 Å². The second-order valence-electron chi connectivity index (χ2n) is 8.06. The number of imidazole rings is 1. The Kier molecular flexibility index (Phi) is 5.40. The third-order valence-corrected chi connectivity index (χ3v) is 5.75. The smallest absolute Gasteiger partial charge is 0.154 e. The molecule has 0 unspecified atom stereocenters. The lowest BCUT2D eigenvalue weighted by Crippen LogP contribution is -2.20. The van der Waals surface area contributed by atoms with Gasteiger partial charge in [0.15, 0.2) is 11.6 Å². The second-order valence-corrected chi connectivity index (χ2v) is 8.06. The molecule has 0 saturated carbocycles. The topological polar surface area (TPSA) is 83.8 Å². The largest absolute Gasteiger partial charge is 0.371 e. The summed E-state index contributed by atoms with van der Waals surface area (Å²) in [6.45, 7) is 2.11. The van der Waals surface area contributed by atoms with Gasteiger partial charge in [0, 0.05) is 45.6 Å². The Morgan fingerprint density at radius 2 is 1.97 bits per heavy atom. The number of likely N-dealkylation sites (tertiary alicyclic amines) is 1. The number of anilines is 3. The first kappa shape index (κ1) is 20.3. The molecule has 164 valence electrons. The standard InChI is InChI=1S/C23H25FN8/c1-25-23-22(18-9-26-10-19-21(18)28-14-31(19)2)27-11-20(30-23)29-17-5-3-15(4-6-17)12-32-8-7-16(24)13-32/h3-6,9-11,14,16H,7-8,12-13H2,1-2H3,(H2,25,29,30)/t16-/m1/s1. The van der Waals surface area contributed by atoms with Crippen molar-refractivity contribution >= 4 is 28.4 Å². The Morgan fingerprint density at radius 1 is 1.12 bits per heavy atom. The molecule has 1 fully saturated rings. The lowest BCUT2D eigenvalue weighted by molar-refractivity contribution is 0.282. The van der Waals surface area contributed by atoms with Gasteiger partial charge in [0.05, 0.1) is 29.8 Å². The zero-order valence-corrected chi connectivity index (χ0v) is 18.1. The van der Waals surface area contributed by atoms with Gasteiger partial charge >= 0.3 is 0 Å². The average molecular weight is 433 g/mol. The van der Waals surface area contributed by atoms with Gasteiger partial charge in [0.25, 0.3) is 0 Å². The van der Waals surface area contributed by atoms with Crippen molar-refractivity contribution in [3.05, 3.63) is 54.7 Å². The SMILES string of the molecule is CNc1nc(Nc2ccc(CN3CC[C@@H](F)C3)cc2)cnc1-c1cncc2c1ncn2C. The first-order chi connectivity index (χ1) is 15.6. The van der Waals surface area contributed by atoms with Gasteiger partial charge < -0.3 is 15.2 Å². The van der Waals surface area contributed by atoms with Crippen molar-refractivity contribution < 1.29 is 4.39 Å². The normalized spacial score (nSPS) is 16.5. The van der Waals surface area contributed by atoms with Gasteiger partial charge in [-0.3, -0.25) is 9.88 Å². The summed E-state index contributed by atoms with van der Waals surface area (Å²) in [5, 5.41) is 6.44. The van der Waals surface area contributed by atoms with Gasteiger partial charge in [0.1, 0.15) is 17.4 Å². The molecule has 0 bridgehead atoms. The molecule has 0 spiro atoms. The highest BCUT2D eigenvalue weighted by atomic mass is 19.1. The molecule has 1 atom stereocenters. The van der Waals surface area contributed by atoms with E-state index >= 15 is 0 Å². The van der Waals surface area contributed by atoms with Crippen LogP contribution in [0.15, 0.2) is 49.2 Å². The van der Waals surface area contributed by atoms with Gasteiger partial charge in [-0.05, 0) is 24.1 Å². The van der Waals surface area contributed by atoms with Gasteiger partial charge in [-0.1, -0.05) is 12.1 Å². The van der Waals surface area contributed by atoms with Gasteiger partial charge in [-0.25, -0.2) is 19.3 Å². The summed E-state index contributed by atoms with van der Waals surface area (Å²) >= 11 is 0. The predicted molar refractivity (Wildman–Crippen MR) is 124 cm³/mol. The molecule has 9 heteroatoms. The van der Waals surface area contributed by atoms with E-state index in [1.807, 2.05) is 30.8 Å². The van der Waals surface area contributed by atoms with Gasteiger partial charge in [-0.2, -0.15) is 0 Å². The molecule has 0 amide bonds. The van der Waals surface area contributed by atoms with Crippen molar-refractivity contribution in [3.8, 4) is 11.3 Å². The van der Waals surface area contributed by atoms with E-state index in [4.69, 9.17) is 4.98 Å². The van der Waals surface area contributed by atoms with E-state index in [9.17, 15) is 4.39 Å². The molecule has 1 saturated heterocycles. The van der Waals surface area contributed by atoms with E-state index in [0.29, 0.717) is 30.3 Å². The Bertz CT molecular complexity index is 1240. The molecule has 1 aliphatic heterocycles. The highest BCUT2D eigenvalue weighted by Crippen LogP contribution is 2.30. The fourth-order valence-corrected chi connectivity index (χ4v) is 4.07. The number of hydrogen-bond donors (Lipinski definition) is 2. The molecule has 4 heterocycles. The third kappa shape index (κ3) is 3.99. The molecule has 3 aromatic heterocycles. The summed E-state index contributed by atoms with van der Waals surface area (Å²) in [7, 11) is 3.76. The number of aryl methyl sites for hydroxylation is 1. The summed E-state index contributed by atoms with van der Waals surface area (Å²) in [5.41, 5.74) is 5.37. The molecule has 8 nitrogen and oxygen atoms in total. The summed E-state index contributed by atoms with van der Waals surface area (Å²) in [6.07, 6.45) is 6.96. The van der Waals surface area contributed by atoms with Crippen LogP contribution < -0.4 is 10.6 Å². The molecular weight excluding hydrogens is 407 g/mol. The minimum atomic E-state index is -0.695. The Morgan fingerprint density at radius 3 is 2.72 bits per heavy atom. The Balaban J connectivity index is 1.35. The number of nitrogens with zero attached hydrogens (tertiary/aromatic N) is 6. The van der Waals surface area contributed by atoms with E-state index in [-0.39, 0.29) is 0 Å². The molecule has 4 aromatic rings. The van der Waals surface area contributed by atoms with Crippen molar-refractivity contribution in [1.82, 2.24) is 29.4 Å². The van der Waals surface area contributed by atoms with Crippen molar-refractivity contribution in [2.75, 3.05) is 30.8 Å². The second kappa shape index (κ2) is 8.51. The van der Waals surface area contributed by atoms with Gasteiger partial charge in [-0.15, -0.1) is 0 Å². The Hall–Kier alpha value is -3.59. The van der Waals surface area contributed by atoms with Gasteiger partial charge in [0.2, 0.25) is 0 Å². The minimum Gasteiger partial charge on any atom is -0.371 e. The predicted octanol–water partition coefficient (Wildman–Crippen LogP) is 3.75. The summed E-state index contributed by atoms with van der Waals surface area (Å²) in [6, 6.07) is 8.13. The summed E-state index contributed by atoms with van der Waals surface area (Å²) < 4.78 is 15.3. The quantitative estimate of drug-likeness (QED) is 0.480. The van der Waals surface area contributed by atoms with Crippen molar-refractivity contribution in [3.63, 3.8) is 0 Å². The van der Waals surface area contributed by atoms with E-state index in [0.717, 1.165) is 40.9 Å². The molecule has 1 aliphatic rings. The number of aromatic nitrogens is 5. The number of alkyl halides is 1. The number of fused-ring (bicyclic) bond motifs is 1. The fraction of sp³-hybridized carbons (Fsp3) is 0.304. The van der Waals surface area contributed by atoms with Crippen LogP contribution in [0.3, 0.4) is 0 Å². The number of benzene rings is 1. The van der Waals surface area contributed by atoms with E-state index in [2.05, 4.69) is 42.6 Å². The summed E-state index contributed by atoms with van der Waals surface area (Å²) in [5.74, 6) is 1.27. The molecule has 5 rings (SSSR count). The zero-order chi connectivity index (χ0) is 22.1. The average Bonchev–Trinajstić information content (AvgIpc) is 3.40.